The van der Waals surface area contributed by atoms with Crippen LogP contribution in [0, 0.1) is 0 Å². The number of aliphatic hydroxyl groups excluding tert-OH is 1. The summed E-state index contributed by atoms with van der Waals surface area (Å²) in [6, 6.07) is 3.32. The van der Waals surface area contributed by atoms with Crippen LogP contribution in [0.5, 0.6) is 0 Å². The van der Waals surface area contributed by atoms with Crippen LogP contribution in [-0.4, -0.2) is 42.2 Å². The zero-order valence-electron chi connectivity index (χ0n) is 12.9. The van der Waals surface area contributed by atoms with Gasteiger partial charge >= 0.3 is 6.18 Å². The Morgan fingerprint density at radius 1 is 1.33 bits per heavy atom. The van der Waals surface area contributed by atoms with Gasteiger partial charge in [-0.15, -0.1) is 0 Å². The third kappa shape index (κ3) is 4.48. The second-order valence-corrected chi connectivity index (χ2v) is 8.68. The zero-order chi connectivity index (χ0) is 18.8. The third-order valence-electron chi connectivity index (χ3n) is 3.58. The number of amides is 1. The third-order valence-corrected chi connectivity index (χ3v) is 6.62. The number of nitrogens with one attached hydrogen (secondary N) is 1. The molecular formula is C14H17BrF3NO4S. The lowest BCUT2D eigenvalue weighted by Crippen LogP contribution is -2.49. The Balaban J connectivity index is 3.15. The molecule has 0 bridgehead atoms. The van der Waals surface area contributed by atoms with E-state index in [9.17, 15) is 31.5 Å². The Hall–Kier alpha value is -1.13. The smallest absolute Gasteiger partial charge is 0.390 e. The molecule has 0 heterocycles. The average molecular weight is 432 g/mol. The van der Waals surface area contributed by atoms with Gasteiger partial charge in [0.05, 0.1) is 26.6 Å². The number of sulfone groups is 1. The number of carbonyl (C=O) groups is 1. The number of halogens is 4. The van der Waals surface area contributed by atoms with Crippen LogP contribution in [0.3, 0.4) is 0 Å². The second kappa shape index (κ2) is 7.40. The first-order valence-electron chi connectivity index (χ1n) is 6.76. The van der Waals surface area contributed by atoms with E-state index in [2.05, 4.69) is 21.2 Å². The summed E-state index contributed by atoms with van der Waals surface area (Å²) >= 11 is 2.90. The molecule has 0 aromatic heterocycles. The van der Waals surface area contributed by atoms with Crippen LogP contribution < -0.4 is 5.32 Å². The Bertz CT molecular complexity index is 704. The summed E-state index contributed by atoms with van der Waals surface area (Å²) in [6.45, 7) is 2.02. The summed E-state index contributed by atoms with van der Waals surface area (Å²) in [5, 5.41) is 12.4. The fourth-order valence-electron chi connectivity index (χ4n) is 1.83. The summed E-state index contributed by atoms with van der Waals surface area (Å²) < 4.78 is 61.8. The molecular weight excluding hydrogens is 415 g/mol. The molecule has 0 radical (unpaired) electrons. The molecule has 1 rings (SSSR count). The molecule has 1 aromatic rings. The van der Waals surface area contributed by atoms with Crippen molar-refractivity contribution in [2.45, 2.75) is 35.8 Å². The van der Waals surface area contributed by atoms with Gasteiger partial charge in [0.25, 0.3) is 0 Å². The van der Waals surface area contributed by atoms with Crippen molar-refractivity contribution >= 4 is 31.7 Å². The topological polar surface area (TPSA) is 83.5 Å². The van der Waals surface area contributed by atoms with Crippen molar-refractivity contribution in [3.8, 4) is 0 Å². The van der Waals surface area contributed by atoms with Crippen LogP contribution in [0.25, 0.3) is 0 Å². The van der Waals surface area contributed by atoms with E-state index in [-0.39, 0.29) is 11.9 Å². The van der Waals surface area contributed by atoms with E-state index in [0.717, 1.165) is 18.2 Å². The molecule has 0 aliphatic heterocycles. The van der Waals surface area contributed by atoms with Gasteiger partial charge in [0.15, 0.2) is 9.84 Å². The Morgan fingerprint density at radius 3 is 2.42 bits per heavy atom. The molecule has 10 heteroatoms. The Kier molecular flexibility index (Phi) is 6.45. The molecule has 2 N–H and O–H groups in total. The Labute approximate surface area is 146 Å². The van der Waals surface area contributed by atoms with Crippen molar-refractivity contribution in [3.05, 3.63) is 29.8 Å². The quantitative estimate of drug-likeness (QED) is 0.675. The summed E-state index contributed by atoms with van der Waals surface area (Å²) in [5.41, 5.74) is -1.10. The summed E-state index contributed by atoms with van der Waals surface area (Å²) in [4.78, 5) is 10.6. The normalized spacial score (nSPS) is 14.3. The van der Waals surface area contributed by atoms with Crippen LogP contribution in [0.2, 0.25) is 0 Å². The maximum atomic E-state index is 12.8. The molecule has 136 valence electrons. The number of hydrogen-bond donors (Lipinski definition) is 2. The molecule has 1 aromatic carbocycles. The molecule has 24 heavy (non-hydrogen) atoms. The highest BCUT2D eigenvalue weighted by atomic mass is 79.9. The maximum absolute atomic E-state index is 12.8. The highest BCUT2D eigenvalue weighted by Gasteiger charge is 2.43. The number of carbonyl (C=O) groups excluding carboxylic acids is 1. The van der Waals surface area contributed by atoms with E-state index in [1.165, 1.54) is 13.8 Å². The second-order valence-electron chi connectivity index (χ2n) is 5.59. The summed E-state index contributed by atoms with van der Waals surface area (Å²) in [5.74, 6) is -0.457. The van der Waals surface area contributed by atoms with Crippen LogP contribution in [-0.2, 0) is 20.8 Å². The van der Waals surface area contributed by atoms with Gasteiger partial charge in [0.1, 0.15) is 0 Å². The van der Waals surface area contributed by atoms with Gasteiger partial charge in [-0.05, 0) is 32.0 Å². The van der Waals surface area contributed by atoms with Gasteiger partial charge in [0, 0.05) is 6.54 Å². The number of hydrogen-bond acceptors (Lipinski definition) is 4. The van der Waals surface area contributed by atoms with Crippen LogP contribution in [0.1, 0.15) is 19.4 Å². The fourth-order valence-corrected chi connectivity index (χ4v) is 3.61. The number of benzene rings is 1. The lowest BCUT2D eigenvalue weighted by molar-refractivity contribution is -0.137. The number of rotatable bonds is 6. The van der Waals surface area contributed by atoms with Crippen molar-refractivity contribution < 1.29 is 31.5 Å². The summed E-state index contributed by atoms with van der Waals surface area (Å²) in [6.07, 6.45) is -6.20. The standard InChI is InChI=1S/C14H17BrF3NO4S/c1-13(2,11(20)8-19-12(21)7-15)24(22,23)10-5-3-4-9(6-10)14(16,17)18/h3-6,11,20H,7-8H2,1-2H3,(H,19,21). The minimum atomic E-state index is -4.68. The maximum Gasteiger partial charge on any atom is 0.416 e. The lowest BCUT2D eigenvalue weighted by Gasteiger charge is -2.30. The molecule has 1 amide bonds. The monoisotopic (exact) mass is 431 g/mol. The van der Waals surface area contributed by atoms with Gasteiger partial charge in [-0.25, -0.2) is 8.42 Å². The van der Waals surface area contributed by atoms with Gasteiger partial charge in [0.2, 0.25) is 5.91 Å². The van der Waals surface area contributed by atoms with E-state index in [1.807, 2.05) is 0 Å². The Morgan fingerprint density at radius 2 is 1.92 bits per heavy atom. The van der Waals surface area contributed by atoms with Gasteiger partial charge < -0.3 is 10.4 Å². The van der Waals surface area contributed by atoms with E-state index in [4.69, 9.17) is 0 Å². The van der Waals surface area contributed by atoms with Crippen molar-refractivity contribution in [2.75, 3.05) is 11.9 Å². The largest absolute Gasteiger partial charge is 0.416 e. The molecule has 1 atom stereocenters. The van der Waals surface area contributed by atoms with Crippen molar-refractivity contribution in [1.82, 2.24) is 5.32 Å². The van der Waals surface area contributed by atoms with Gasteiger partial charge in [-0.2, -0.15) is 13.2 Å². The molecule has 1 unspecified atom stereocenters. The fraction of sp³-hybridized carbons (Fsp3) is 0.500. The number of alkyl halides is 4. The highest BCUT2D eigenvalue weighted by molar-refractivity contribution is 9.09. The summed E-state index contributed by atoms with van der Waals surface area (Å²) in [7, 11) is -4.29. The molecule has 0 fully saturated rings. The highest BCUT2D eigenvalue weighted by Crippen LogP contribution is 2.34. The molecule has 0 aliphatic rings. The minimum absolute atomic E-state index is 0.0273. The first-order chi connectivity index (χ1) is 10.8. The van der Waals surface area contributed by atoms with Crippen molar-refractivity contribution in [2.24, 2.45) is 0 Å². The molecule has 5 nitrogen and oxygen atoms in total. The number of aliphatic hydroxyl groups is 1. The molecule has 0 saturated carbocycles. The van der Waals surface area contributed by atoms with E-state index < -0.39 is 43.2 Å². The van der Waals surface area contributed by atoms with Crippen LogP contribution in [0.4, 0.5) is 13.2 Å². The SMILES string of the molecule is CC(C)(C(O)CNC(=O)CBr)S(=O)(=O)c1cccc(C(F)(F)F)c1. The van der Waals surface area contributed by atoms with Crippen LogP contribution in [0.15, 0.2) is 29.2 Å². The van der Waals surface area contributed by atoms with Gasteiger partial charge in [-0.1, -0.05) is 22.0 Å². The first-order valence-corrected chi connectivity index (χ1v) is 9.37. The molecule has 0 spiro atoms. The average Bonchev–Trinajstić information content (AvgIpc) is 2.51. The predicted octanol–water partition coefficient (Wildman–Crippen LogP) is 2.13. The predicted molar refractivity (Wildman–Crippen MR) is 85.5 cm³/mol. The zero-order valence-corrected chi connectivity index (χ0v) is 15.3. The van der Waals surface area contributed by atoms with E-state index in [1.54, 1.807) is 0 Å². The van der Waals surface area contributed by atoms with Gasteiger partial charge in [-0.3, -0.25) is 4.79 Å². The van der Waals surface area contributed by atoms with Crippen molar-refractivity contribution in [3.63, 3.8) is 0 Å². The minimum Gasteiger partial charge on any atom is -0.390 e. The van der Waals surface area contributed by atoms with E-state index in [0.29, 0.717) is 6.07 Å². The first kappa shape index (κ1) is 20.9. The molecule has 0 aliphatic carbocycles. The lowest BCUT2D eigenvalue weighted by atomic mass is 10.1. The molecule has 0 saturated heterocycles. The van der Waals surface area contributed by atoms with Crippen LogP contribution >= 0.6 is 15.9 Å². The van der Waals surface area contributed by atoms with Crippen molar-refractivity contribution in [1.29, 1.82) is 0 Å². The van der Waals surface area contributed by atoms with E-state index >= 15 is 0 Å².